The summed E-state index contributed by atoms with van der Waals surface area (Å²) in [6, 6.07) is 5.09. The number of halogens is 1. The molecule has 1 aliphatic rings. The highest BCUT2D eigenvalue weighted by molar-refractivity contribution is 6.30. The van der Waals surface area contributed by atoms with E-state index in [1.807, 2.05) is 19.1 Å². The van der Waals surface area contributed by atoms with Gasteiger partial charge < -0.3 is 5.32 Å². The maximum Gasteiger partial charge on any atom is 0.253 e. The molecule has 0 aromatic heterocycles. The summed E-state index contributed by atoms with van der Waals surface area (Å²) in [5.41, 5.74) is 1.90. The Hall–Kier alpha value is -1.55. The van der Waals surface area contributed by atoms with E-state index in [9.17, 15) is 4.79 Å². The molecule has 1 aromatic rings. The van der Waals surface area contributed by atoms with Gasteiger partial charge in [0, 0.05) is 12.1 Å². The molecule has 0 aliphatic carbocycles. The number of aliphatic imine (C=N–C) groups is 1. The van der Waals surface area contributed by atoms with Crippen LogP contribution in [-0.4, -0.2) is 18.9 Å². The first-order valence-corrected chi connectivity index (χ1v) is 5.30. The molecule has 16 heavy (non-hydrogen) atoms. The van der Waals surface area contributed by atoms with Crippen molar-refractivity contribution in [1.29, 1.82) is 0 Å². The standard InChI is InChI=1S/C11H12ClN3O/c1-6-5-7(12)3-4-8(6)9-10(16)15-11(13-2)14-9/h3-5,9H,1-2H3,(H2,13,14,15,16). The lowest BCUT2D eigenvalue weighted by Crippen LogP contribution is -2.24. The third kappa shape index (κ3) is 1.88. The Morgan fingerprint density at radius 1 is 1.44 bits per heavy atom. The molecule has 1 unspecified atom stereocenters. The number of nitrogens with one attached hydrogen (secondary N) is 2. The molecule has 0 bridgehead atoms. The van der Waals surface area contributed by atoms with Gasteiger partial charge in [0.05, 0.1) is 0 Å². The molecular weight excluding hydrogens is 226 g/mol. The molecule has 1 amide bonds. The van der Waals surface area contributed by atoms with Crippen molar-refractivity contribution in [3.63, 3.8) is 0 Å². The Labute approximate surface area is 98.7 Å². The van der Waals surface area contributed by atoms with Gasteiger partial charge in [-0.3, -0.25) is 15.1 Å². The van der Waals surface area contributed by atoms with Gasteiger partial charge in [-0.1, -0.05) is 17.7 Å². The average molecular weight is 238 g/mol. The summed E-state index contributed by atoms with van der Waals surface area (Å²) in [5.74, 6) is 0.412. The zero-order valence-corrected chi connectivity index (χ0v) is 9.80. The first-order chi connectivity index (χ1) is 7.61. The first-order valence-electron chi connectivity index (χ1n) is 4.92. The molecule has 84 valence electrons. The van der Waals surface area contributed by atoms with Gasteiger partial charge in [0.1, 0.15) is 6.04 Å². The third-order valence-electron chi connectivity index (χ3n) is 2.55. The van der Waals surface area contributed by atoms with Crippen molar-refractivity contribution in [1.82, 2.24) is 10.6 Å². The maximum atomic E-state index is 11.7. The topological polar surface area (TPSA) is 53.5 Å². The fourth-order valence-corrected chi connectivity index (χ4v) is 1.96. The van der Waals surface area contributed by atoms with Gasteiger partial charge in [-0.2, -0.15) is 0 Å². The monoisotopic (exact) mass is 237 g/mol. The predicted octanol–water partition coefficient (Wildman–Crippen LogP) is 1.39. The molecule has 1 aromatic carbocycles. The molecule has 1 saturated heterocycles. The van der Waals surface area contributed by atoms with Gasteiger partial charge in [-0.15, -0.1) is 0 Å². The molecule has 2 N–H and O–H groups in total. The van der Waals surface area contributed by atoms with E-state index in [0.29, 0.717) is 11.0 Å². The van der Waals surface area contributed by atoms with E-state index in [2.05, 4.69) is 15.6 Å². The zero-order valence-electron chi connectivity index (χ0n) is 9.04. The second kappa shape index (κ2) is 4.14. The number of aryl methyl sites for hydroxylation is 1. The van der Waals surface area contributed by atoms with Crippen LogP contribution in [0.15, 0.2) is 23.2 Å². The Morgan fingerprint density at radius 2 is 2.19 bits per heavy atom. The summed E-state index contributed by atoms with van der Waals surface area (Å²) in [7, 11) is 1.62. The minimum absolute atomic E-state index is 0.0916. The van der Waals surface area contributed by atoms with Gasteiger partial charge >= 0.3 is 0 Å². The molecule has 1 atom stereocenters. The SMILES string of the molecule is CN=C1NC(=O)C(c2ccc(Cl)cc2C)N1. The van der Waals surface area contributed by atoms with E-state index in [-0.39, 0.29) is 11.9 Å². The number of hydrogen-bond donors (Lipinski definition) is 2. The smallest absolute Gasteiger partial charge is 0.253 e. The van der Waals surface area contributed by atoms with Crippen LogP contribution in [0.1, 0.15) is 17.2 Å². The van der Waals surface area contributed by atoms with Crippen LogP contribution in [0.25, 0.3) is 0 Å². The fourth-order valence-electron chi connectivity index (χ4n) is 1.73. The summed E-state index contributed by atoms with van der Waals surface area (Å²) in [6.07, 6.45) is 0. The summed E-state index contributed by atoms with van der Waals surface area (Å²) < 4.78 is 0. The normalized spacial score (nSPS) is 22.1. The summed E-state index contributed by atoms with van der Waals surface area (Å²) in [6.45, 7) is 1.93. The Morgan fingerprint density at radius 3 is 2.75 bits per heavy atom. The fraction of sp³-hybridized carbons (Fsp3) is 0.273. The van der Waals surface area contributed by atoms with Gasteiger partial charge in [0.15, 0.2) is 5.96 Å². The molecule has 1 fully saturated rings. The molecule has 0 saturated carbocycles. The van der Waals surface area contributed by atoms with E-state index < -0.39 is 0 Å². The molecular formula is C11H12ClN3O. The first kappa shape index (κ1) is 11.0. The van der Waals surface area contributed by atoms with E-state index in [0.717, 1.165) is 11.1 Å². The zero-order chi connectivity index (χ0) is 11.7. The van der Waals surface area contributed by atoms with E-state index in [4.69, 9.17) is 11.6 Å². The van der Waals surface area contributed by atoms with Crippen LogP contribution < -0.4 is 10.6 Å². The summed E-state index contributed by atoms with van der Waals surface area (Å²) in [5, 5.41) is 6.34. The van der Waals surface area contributed by atoms with Gasteiger partial charge in [-0.25, -0.2) is 0 Å². The average Bonchev–Trinajstić information content (AvgIpc) is 2.60. The molecule has 2 rings (SSSR count). The lowest BCUT2D eigenvalue weighted by Gasteiger charge is -2.11. The van der Waals surface area contributed by atoms with E-state index >= 15 is 0 Å². The van der Waals surface area contributed by atoms with Gasteiger partial charge in [0.2, 0.25) is 0 Å². The van der Waals surface area contributed by atoms with Crippen molar-refractivity contribution in [3.05, 3.63) is 34.3 Å². The highest BCUT2D eigenvalue weighted by Crippen LogP contribution is 2.23. The van der Waals surface area contributed by atoms with Crippen molar-refractivity contribution >= 4 is 23.5 Å². The van der Waals surface area contributed by atoms with Gasteiger partial charge in [0.25, 0.3) is 5.91 Å². The number of hydrogen-bond acceptors (Lipinski definition) is 2. The molecule has 1 aliphatic heterocycles. The largest absolute Gasteiger partial charge is 0.340 e. The van der Waals surface area contributed by atoms with Crippen LogP contribution >= 0.6 is 11.6 Å². The van der Waals surface area contributed by atoms with Crippen LogP contribution in [0.4, 0.5) is 0 Å². The molecule has 5 heteroatoms. The Kier molecular flexibility index (Phi) is 2.83. The number of amides is 1. The van der Waals surface area contributed by atoms with Crippen molar-refractivity contribution < 1.29 is 4.79 Å². The van der Waals surface area contributed by atoms with Crippen LogP contribution in [0.3, 0.4) is 0 Å². The third-order valence-corrected chi connectivity index (χ3v) is 2.79. The maximum absolute atomic E-state index is 11.7. The van der Waals surface area contributed by atoms with Crippen LogP contribution in [0.5, 0.6) is 0 Å². The number of carbonyl (C=O) groups is 1. The second-order valence-corrected chi connectivity index (χ2v) is 4.08. The molecule has 0 spiro atoms. The highest BCUT2D eigenvalue weighted by Gasteiger charge is 2.30. The Bertz CT molecular complexity index is 470. The van der Waals surface area contributed by atoms with Crippen LogP contribution in [0, 0.1) is 6.92 Å². The molecule has 1 heterocycles. The quantitative estimate of drug-likeness (QED) is 0.776. The summed E-state index contributed by atoms with van der Waals surface area (Å²) in [4.78, 5) is 15.6. The van der Waals surface area contributed by atoms with E-state index in [1.54, 1.807) is 13.1 Å². The van der Waals surface area contributed by atoms with Crippen LogP contribution in [-0.2, 0) is 4.79 Å². The second-order valence-electron chi connectivity index (χ2n) is 3.64. The summed E-state index contributed by atoms with van der Waals surface area (Å²) >= 11 is 5.87. The lowest BCUT2D eigenvalue weighted by atomic mass is 10.0. The number of nitrogens with zero attached hydrogens (tertiary/aromatic N) is 1. The van der Waals surface area contributed by atoms with Crippen molar-refractivity contribution in [3.8, 4) is 0 Å². The number of guanidine groups is 1. The number of benzene rings is 1. The predicted molar refractivity (Wildman–Crippen MR) is 63.6 cm³/mol. The minimum atomic E-state index is -0.379. The van der Waals surface area contributed by atoms with Crippen LogP contribution in [0.2, 0.25) is 5.02 Å². The highest BCUT2D eigenvalue weighted by atomic mass is 35.5. The molecule has 0 radical (unpaired) electrons. The number of carbonyl (C=O) groups excluding carboxylic acids is 1. The Balaban J connectivity index is 2.35. The van der Waals surface area contributed by atoms with Gasteiger partial charge in [-0.05, 0) is 30.2 Å². The minimum Gasteiger partial charge on any atom is -0.340 e. The number of rotatable bonds is 1. The molecule has 4 nitrogen and oxygen atoms in total. The van der Waals surface area contributed by atoms with Crippen molar-refractivity contribution in [2.45, 2.75) is 13.0 Å². The lowest BCUT2D eigenvalue weighted by molar-refractivity contribution is -0.120. The van der Waals surface area contributed by atoms with E-state index in [1.165, 1.54) is 0 Å². The van der Waals surface area contributed by atoms with Crippen molar-refractivity contribution in [2.75, 3.05) is 7.05 Å². The van der Waals surface area contributed by atoms with Crippen molar-refractivity contribution in [2.24, 2.45) is 4.99 Å².